The maximum atomic E-state index is 11.7. The largest absolute Gasteiger partial charge is 0.466 e. The lowest BCUT2D eigenvalue weighted by atomic mass is 10.1. The number of carbonyl (C=O) groups excluding carboxylic acids is 1. The summed E-state index contributed by atoms with van der Waals surface area (Å²) in [6.07, 6.45) is 5.60. The second-order valence-corrected chi connectivity index (χ2v) is 7.72. The van der Waals surface area contributed by atoms with Gasteiger partial charge in [0.25, 0.3) is 0 Å². The molecule has 0 radical (unpaired) electrons. The highest BCUT2D eigenvalue weighted by Crippen LogP contribution is 2.36. The first-order chi connectivity index (χ1) is 12.4. The van der Waals surface area contributed by atoms with Gasteiger partial charge in [-0.25, -0.2) is 4.98 Å². The highest BCUT2D eigenvalue weighted by Gasteiger charge is 2.24. The van der Waals surface area contributed by atoms with Crippen LogP contribution in [0.2, 0.25) is 0 Å². The Morgan fingerprint density at radius 1 is 1.31 bits per heavy atom. The van der Waals surface area contributed by atoms with Crippen molar-refractivity contribution in [2.45, 2.75) is 39.7 Å². The summed E-state index contributed by atoms with van der Waals surface area (Å²) in [4.78, 5) is 20.6. The van der Waals surface area contributed by atoms with E-state index in [9.17, 15) is 4.79 Å². The molecule has 0 unspecified atom stereocenters. The van der Waals surface area contributed by atoms with E-state index in [2.05, 4.69) is 35.8 Å². The van der Waals surface area contributed by atoms with Crippen LogP contribution in [0, 0.1) is 0 Å². The zero-order valence-corrected chi connectivity index (χ0v) is 16.2. The number of hydrogen-bond acceptors (Lipinski definition) is 6. The molecule has 3 heterocycles. The van der Waals surface area contributed by atoms with Gasteiger partial charge < -0.3 is 4.74 Å². The van der Waals surface area contributed by atoms with E-state index in [1.54, 1.807) is 13.1 Å². The van der Waals surface area contributed by atoms with Crippen LogP contribution in [-0.4, -0.2) is 32.3 Å². The van der Waals surface area contributed by atoms with Crippen LogP contribution in [0.25, 0.3) is 21.8 Å². The Kier molecular flexibility index (Phi) is 5.18. The number of thiazole rings is 1. The van der Waals surface area contributed by atoms with Gasteiger partial charge in [-0.05, 0) is 39.8 Å². The molecule has 3 aromatic rings. The van der Waals surface area contributed by atoms with Crippen LogP contribution in [0.1, 0.15) is 33.4 Å². The van der Waals surface area contributed by atoms with E-state index >= 15 is 0 Å². The molecule has 0 N–H and O–H groups in total. The van der Waals surface area contributed by atoms with E-state index in [0.717, 1.165) is 21.8 Å². The maximum absolute atomic E-state index is 11.7. The van der Waals surface area contributed by atoms with Crippen LogP contribution in [0.3, 0.4) is 0 Å². The lowest BCUT2D eigenvalue weighted by molar-refractivity contribution is -0.142. The van der Waals surface area contributed by atoms with Gasteiger partial charge in [0.15, 0.2) is 0 Å². The van der Waals surface area contributed by atoms with Crippen molar-refractivity contribution in [1.29, 1.82) is 0 Å². The monoisotopic (exact) mass is 370 g/mol. The molecule has 0 spiro atoms. The molecule has 0 atom stereocenters. The van der Waals surface area contributed by atoms with Crippen molar-refractivity contribution in [3.8, 4) is 21.8 Å². The summed E-state index contributed by atoms with van der Waals surface area (Å²) in [6, 6.07) is 3.93. The minimum atomic E-state index is -0.262. The van der Waals surface area contributed by atoms with Crippen molar-refractivity contribution in [3.05, 3.63) is 41.8 Å². The molecule has 7 heteroatoms. The fourth-order valence-electron chi connectivity index (χ4n) is 2.67. The van der Waals surface area contributed by atoms with E-state index in [0.29, 0.717) is 12.3 Å². The Hall–Kier alpha value is -2.54. The Morgan fingerprint density at radius 2 is 2.12 bits per heavy atom. The molecule has 0 amide bonds. The van der Waals surface area contributed by atoms with E-state index in [1.807, 2.05) is 34.6 Å². The van der Waals surface area contributed by atoms with Crippen molar-refractivity contribution in [1.82, 2.24) is 19.7 Å². The fraction of sp³-hybridized carbons (Fsp3) is 0.368. The number of carbonyl (C=O) groups is 1. The molecule has 0 saturated heterocycles. The van der Waals surface area contributed by atoms with Crippen LogP contribution < -0.4 is 0 Å². The number of aromatic nitrogens is 4. The first-order valence-electron chi connectivity index (χ1n) is 8.49. The average molecular weight is 370 g/mol. The van der Waals surface area contributed by atoms with Gasteiger partial charge in [0.2, 0.25) is 0 Å². The van der Waals surface area contributed by atoms with Crippen molar-refractivity contribution in [2.24, 2.45) is 0 Å². The number of rotatable bonds is 5. The highest BCUT2D eigenvalue weighted by molar-refractivity contribution is 7.13. The zero-order chi connectivity index (χ0) is 18.7. The van der Waals surface area contributed by atoms with Crippen molar-refractivity contribution in [3.63, 3.8) is 0 Å². The SMILES string of the molecule is CCOC(=O)Cc1csc(-c2cnn(C(C)(C)C)c2-c2cccnc2)n1. The molecular weight excluding hydrogens is 348 g/mol. The number of hydrogen-bond donors (Lipinski definition) is 0. The van der Waals surface area contributed by atoms with Gasteiger partial charge in [0, 0.05) is 23.3 Å². The third-order valence-corrected chi connectivity index (χ3v) is 4.68. The van der Waals surface area contributed by atoms with Gasteiger partial charge >= 0.3 is 5.97 Å². The molecule has 0 aromatic carbocycles. The molecule has 26 heavy (non-hydrogen) atoms. The molecule has 3 rings (SSSR count). The summed E-state index contributed by atoms with van der Waals surface area (Å²) < 4.78 is 7.00. The second kappa shape index (κ2) is 7.37. The van der Waals surface area contributed by atoms with Crippen molar-refractivity contribution < 1.29 is 9.53 Å². The summed E-state index contributed by atoms with van der Waals surface area (Å²) in [5.74, 6) is -0.262. The molecule has 0 aliphatic rings. The Morgan fingerprint density at radius 3 is 2.77 bits per heavy atom. The molecule has 3 aromatic heterocycles. The van der Waals surface area contributed by atoms with E-state index in [4.69, 9.17) is 4.74 Å². The summed E-state index contributed by atoms with van der Waals surface area (Å²) in [6.45, 7) is 8.50. The zero-order valence-electron chi connectivity index (χ0n) is 15.4. The van der Waals surface area contributed by atoms with Crippen LogP contribution in [0.4, 0.5) is 0 Å². The molecule has 0 bridgehead atoms. The number of pyridine rings is 1. The lowest BCUT2D eigenvalue weighted by Gasteiger charge is -2.23. The van der Waals surface area contributed by atoms with Crippen molar-refractivity contribution in [2.75, 3.05) is 6.61 Å². The Labute approximate surface area is 156 Å². The third-order valence-electron chi connectivity index (χ3n) is 3.75. The van der Waals surface area contributed by atoms with Crippen molar-refractivity contribution >= 4 is 17.3 Å². The van der Waals surface area contributed by atoms with Gasteiger partial charge in [0.05, 0.1) is 41.7 Å². The lowest BCUT2D eigenvalue weighted by Crippen LogP contribution is -2.24. The standard InChI is InChI=1S/C19H22N4O2S/c1-5-25-16(24)9-14-12-26-18(22-14)15-11-21-23(19(2,3)4)17(15)13-7-6-8-20-10-13/h6-8,10-12H,5,9H2,1-4H3. The smallest absolute Gasteiger partial charge is 0.311 e. The normalized spacial score (nSPS) is 11.5. The molecular formula is C19H22N4O2S. The van der Waals surface area contributed by atoms with Gasteiger partial charge in [-0.2, -0.15) is 5.10 Å². The molecule has 0 aliphatic carbocycles. The molecule has 6 nitrogen and oxygen atoms in total. The first-order valence-corrected chi connectivity index (χ1v) is 9.37. The molecule has 0 saturated carbocycles. The quantitative estimate of drug-likeness (QED) is 0.637. The summed E-state index contributed by atoms with van der Waals surface area (Å²) in [5, 5.41) is 7.33. The van der Waals surface area contributed by atoms with Gasteiger partial charge in [-0.1, -0.05) is 0 Å². The number of esters is 1. The van der Waals surface area contributed by atoms with E-state index in [-0.39, 0.29) is 17.9 Å². The van der Waals surface area contributed by atoms with E-state index in [1.165, 1.54) is 11.3 Å². The van der Waals surface area contributed by atoms with Crippen LogP contribution >= 0.6 is 11.3 Å². The van der Waals surface area contributed by atoms with Gasteiger partial charge in [-0.3, -0.25) is 14.5 Å². The Balaban J connectivity index is 2.02. The minimum Gasteiger partial charge on any atom is -0.466 e. The Bertz CT molecular complexity index is 894. The summed E-state index contributed by atoms with van der Waals surface area (Å²) in [7, 11) is 0. The number of nitrogens with zero attached hydrogens (tertiary/aromatic N) is 4. The van der Waals surface area contributed by atoms with Gasteiger partial charge in [0.1, 0.15) is 5.01 Å². The van der Waals surface area contributed by atoms with Gasteiger partial charge in [-0.15, -0.1) is 11.3 Å². The van der Waals surface area contributed by atoms with Crippen LogP contribution in [0.5, 0.6) is 0 Å². The predicted molar refractivity (Wildman–Crippen MR) is 102 cm³/mol. The maximum Gasteiger partial charge on any atom is 0.311 e. The highest BCUT2D eigenvalue weighted by atomic mass is 32.1. The second-order valence-electron chi connectivity index (χ2n) is 6.86. The first kappa shape index (κ1) is 18.3. The molecule has 136 valence electrons. The molecule has 0 aliphatic heterocycles. The third kappa shape index (κ3) is 3.83. The minimum absolute atomic E-state index is 0.181. The van der Waals surface area contributed by atoms with Crippen LogP contribution in [0.15, 0.2) is 36.1 Å². The average Bonchev–Trinajstić information content (AvgIpc) is 3.21. The number of ether oxygens (including phenoxy) is 1. The summed E-state index contributed by atoms with van der Waals surface area (Å²) in [5.41, 5.74) is 3.42. The topological polar surface area (TPSA) is 69.9 Å². The summed E-state index contributed by atoms with van der Waals surface area (Å²) >= 11 is 1.50. The fourth-order valence-corrected chi connectivity index (χ4v) is 3.50. The van der Waals surface area contributed by atoms with E-state index < -0.39 is 0 Å². The molecule has 0 fully saturated rings. The van der Waals surface area contributed by atoms with Crippen LogP contribution in [-0.2, 0) is 21.5 Å². The predicted octanol–water partition coefficient (Wildman–Crippen LogP) is 3.93.